The van der Waals surface area contributed by atoms with Gasteiger partial charge in [0.25, 0.3) is 0 Å². The first-order chi connectivity index (χ1) is 11.6. The molecule has 0 aliphatic heterocycles. The summed E-state index contributed by atoms with van der Waals surface area (Å²) in [6, 6.07) is 15.1. The molecule has 0 radical (unpaired) electrons. The van der Waals surface area contributed by atoms with Gasteiger partial charge in [0.1, 0.15) is 5.82 Å². The predicted octanol–water partition coefficient (Wildman–Crippen LogP) is 5.13. The van der Waals surface area contributed by atoms with Gasteiger partial charge in [0.15, 0.2) is 5.69 Å². The summed E-state index contributed by atoms with van der Waals surface area (Å²) in [5, 5.41) is 0.567. The number of nitrogens with zero attached hydrogens (tertiary/aromatic N) is 2. The van der Waals surface area contributed by atoms with Gasteiger partial charge in [0.05, 0.1) is 11.6 Å². The van der Waals surface area contributed by atoms with Crippen molar-refractivity contribution in [2.24, 2.45) is 0 Å². The Labute approximate surface area is 153 Å². The van der Waals surface area contributed by atoms with Gasteiger partial charge in [0, 0.05) is 21.9 Å². The van der Waals surface area contributed by atoms with E-state index in [-0.39, 0.29) is 5.69 Å². The summed E-state index contributed by atoms with van der Waals surface area (Å²) < 4.78 is 7.86. The van der Waals surface area contributed by atoms with Gasteiger partial charge >= 0.3 is 5.97 Å². The molecule has 0 aliphatic rings. The summed E-state index contributed by atoms with van der Waals surface area (Å²) >= 11 is 9.74. The highest BCUT2D eigenvalue weighted by Gasteiger charge is 2.18. The van der Waals surface area contributed by atoms with Crippen molar-refractivity contribution in [1.29, 1.82) is 0 Å². The van der Waals surface area contributed by atoms with Crippen molar-refractivity contribution < 1.29 is 9.53 Å². The molecule has 2 aromatic carbocycles. The molecule has 24 heavy (non-hydrogen) atoms. The third kappa shape index (κ3) is 3.37. The lowest BCUT2D eigenvalue weighted by Gasteiger charge is -2.09. The van der Waals surface area contributed by atoms with Gasteiger partial charge < -0.3 is 4.74 Å². The van der Waals surface area contributed by atoms with Gasteiger partial charge in [0.2, 0.25) is 0 Å². The smallest absolute Gasteiger partial charge is 0.358 e. The first kappa shape index (κ1) is 16.7. The Morgan fingerprint density at radius 2 is 1.92 bits per heavy atom. The molecule has 1 aromatic heterocycles. The van der Waals surface area contributed by atoms with E-state index < -0.39 is 5.97 Å². The SMILES string of the molecule is CCOC(=O)c1cn(-c2ccc(Br)cc2)c(-c2ccccc2Cl)n1. The van der Waals surface area contributed by atoms with Crippen LogP contribution in [-0.2, 0) is 4.74 Å². The normalized spacial score (nSPS) is 10.6. The van der Waals surface area contributed by atoms with Crippen LogP contribution in [0.25, 0.3) is 17.1 Å². The number of hydrogen-bond donors (Lipinski definition) is 0. The Hall–Kier alpha value is -2.11. The summed E-state index contributed by atoms with van der Waals surface area (Å²) in [4.78, 5) is 16.5. The monoisotopic (exact) mass is 404 g/mol. The van der Waals surface area contributed by atoms with E-state index in [2.05, 4.69) is 20.9 Å². The van der Waals surface area contributed by atoms with Gasteiger partial charge in [-0.25, -0.2) is 9.78 Å². The first-order valence-corrected chi connectivity index (χ1v) is 8.54. The van der Waals surface area contributed by atoms with Crippen LogP contribution in [0.1, 0.15) is 17.4 Å². The van der Waals surface area contributed by atoms with Crippen molar-refractivity contribution in [1.82, 2.24) is 9.55 Å². The molecule has 1 heterocycles. The van der Waals surface area contributed by atoms with Crippen LogP contribution in [0.4, 0.5) is 0 Å². The van der Waals surface area contributed by atoms with Crippen LogP contribution in [0, 0.1) is 0 Å². The Morgan fingerprint density at radius 3 is 2.58 bits per heavy atom. The summed E-state index contributed by atoms with van der Waals surface area (Å²) in [5.41, 5.74) is 1.86. The van der Waals surface area contributed by atoms with E-state index in [1.165, 1.54) is 0 Å². The zero-order valence-electron chi connectivity index (χ0n) is 12.9. The summed E-state index contributed by atoms with van der Waals surface area (Å²) in [6.07, 6.45) is 1.67. The fourth-order valence-corrected chi connectivity index (χ4v) is 2.80. The highest BCUT2D eigenvalue weighted by Crippen LogP contribution is 2.29. The van der Waals surface area contributed by atoms with Crippen LogP contribution in [-0.4, -0.2) is 22.1 Å². The number of hydrogen-bond acceptors (Lipinski definition) is 3. The van der Waals surface area contributed by atoms with Crippen LogP contribution in [0.2, 0.25) is 5.02 Å². The average Bonchev–Trinajstić information content (AvgIpc) is 3.01. The second kappa shape index (κ2) is 7.20. The zero-order valence-corrected chi connectivity index (χ0v) is 15.2. The van der Waals surface area contributed by atoms with E-state index >= 15 is 0 Å². The number of ether oxygens (including phenoxy) is 1. The van der Waals surface area contributed by atoms with Crippen molar-refractivity contribution in [3.05, 3.63) is 69.9 Å². The molecule has 4 nitrogen and oxygen atoms in total. The van der Waals surface area contributed by atoms with Gasteiger partial charge in [-0.05, 0) is 43.3 Å². The maximum Gasteiger partial charge on any atom is 0.358 e. The molecule has 0 saturated heterocycles. The van der Waals surface area contributed by atoms with Crippen LogP contribution in [0.3, 0.4) is 0 Å². The third-order valence-electron chi connectivity index (χ3n) is 3.41. The number of carbonyl (C=O) groups is 1. The van der Waals surface area contributed by atoms with Crippen molar-refractivity contribution in [3.63, 3.8) is 0 Å². The van der Waals surface area contributed by atoms with Crippen molar-refractivity contribution in [2.45, 2.75) is 6.92 Å². The quantitative estimate of drug-likeness (QED) is 0.565. The maximum absolute atomic E-state index is 12.1. The van der Waals surface area contributed by atoms with E-state index in [4.69, 9.17) is 16.3 Å². The average molecular weight is 406 g/mol. The van der Waals surface area contributed by atoms with Crippen LogP contribution >= 0.6 is 27.5 Å². The lowest BCUT2D eigenvalue weighted by molar-refractivity contribution is 0.0520. The molecular formula is C18H14BrClN2O2. The number of rotatable bonds is 4. The molecule has 0 N–H and O–H groups in total. The maximum atomic E-state index is 12.1. The highest BCUT2D eigenvalue weighted by atomic mass is 79.9. The Kier molecular flexibility index (Phi) is 5.02. The van der Waals surface area contributed by atoms with Gasteiger partial charge in [-0.2, -0.15) is 0 Å². The molecule has 0 aliphatic carbocycles. The summed E-state index contributed by atoms with van der Waals surface area (Å²) in [6.45, 7) is 2.06. The van der Waals surface area contributed by atoms with Gasteiger partial charge in [-0.3, -0.25) is 4.57 Å². The largest absolute Gasteiger partial charge is 0.461 e. The molecule has 6 heteroatoms. The fraction of sp³-hybridized carbons (Fsp3) is 0.111. The summed E-state index contributed by atoms with van der Waals surface area (Å²) in [7, 11) is 0. The first-order valence-electron chi connectivity index (χ1n) is 7.37. The van der Waals surface area contributed by atoms with Gasteiger partial charge in [-0.1, -0.05) is 39.7 Å². The molecule has 0 bridgehead atoms. The molecule has 122 valence electrons. The zero-order chi connectivity index (χ0) is 17.1. The van der Waals surface area contributed by atoms with E-state index in [9.17, 15) is 4.79 Å². The lowest BCUT2D eigenvalue weighted by Crippen LogP contribution is -2.04. The molecule has 0 unspecified atom stereocenters. The Morgan fingerprint density at radius 1 is 1.21 bits per heavy atom. The predicted molar refractivity (Wildman–Crippen MR) is 97.7 cm³/mol. The molecule has 3 rings (SSSR count). The Balaban J connectivity index is 2.17. The standard InChI is InChI=1S/C18H14BrClN2O2/c1-2-24-18(23)16-11-22(13-9-7-12(19)8-10-13)17(21-16)14-5-3-4-6-15(14)20/h3-11H,2H2,1H3. The number of carbonyl (C=O) groups excluding carboxylic acids is 1. The van der Waals surface area contributed by atoms with Crippen LogP contribution < -0.4 is 0 Å². The molecule has 0 atom stereocenters. The minimum atomic E-state index is -0.457. The number of aromatic nitrogens is 2. The van der Waals surface area contributed by atoms with E-state index in [1.54, 1.807) is 19.2 Å². The molecule has 3 aromatic rings. The highest BCUT2D eigenvalue weighted by molar-refractivity contribution is 9.10. The summed E-state index contributed by atoms with van der Waals surface area (Å²) in [5.74, 6) is 0.132. The van der Waals surface area contributed by atoms with Crippen LogP contribution in [0.15, 0.2) is 59.2 Å². The van der Waals surface area contributed by atoms with E-state index in [1.807, 2.05) is 47.0 Å². The number of benzene rings is 2. The second-order valence-electron chi connectivity index (χ2n) is 5.00. The minimum Gasteiger partial charge on any atom is -0.461 e. The molecule has 0 saturated carbocycles. The molecule has 0 amide bonds. The number of halogens is 2. The van der Waals surface area contributed by atoms with Crippen LogP contribution in [0.5, 0.6) is 0 Å². The van der Waals surface area contributed by atoms with E-state index in [0.29, 0.717) is 17.5 Å². The minimum absolute atomic E-state index is 0.245. The fourth-order valence-electron chi connectivity index (χ4n) is 2.31. The van der Waals surface area contributed by atoms with Crippen molar-refractivity contribution in [2.75, 3.05) is 6.61 Å². The lowest BCUT2D eigenvalue weighted by atomic mass is 10.2. The second-order valence-corrected chi connectivity index (χ2v) is 6.32. The third-order valence-corrected chi connectivity index (χ3v) is 4.27. The van der Waals surface area contributed by atoms with Gasteiger partial charge in [-0.15, -0.1) is 0 Å². The Bertz CT molecular complexity index is 875. The molecular weight excluding hydrogens is 392 g/mol. The molecule has 0 spiro atoms. The van der Waals surface area contributed by atoms with E-state index in [0.717, 1.165) is 15.7 Å². The number of imidazole rings is 1. The molecule has 0 fully saturated rings. The van der Waals surface area contributed by atoms with Crippen molar-refractivity contribution >= 4 is 33.5 Å². The number of esters is 1. The topological polar surface area (TPSA) is 44.1 Å². The van der Waals surface area contributed by atoms with Crippen molar-refractivity contribution in [3.8, 4) is 17.1 Å².